The molecule has 0 fully saturated rings. The number of hydrogen-bond donors (Lipinski definition) is 0. The van der Waals surface area contributed by atoms with Crippen LogP contribution in [0.1, 0.15) is 142 Å². The Bertz CT molecular complexity index is 388. The van der Waals surface area contributed by atoms with E-state index in [0.29, 0.717) is 0 Å². The number of unbranched alkanes of at least 4 members (excludes halogenated alkanes) is 14. The van der Waals surface area contributed by atoms with Crippen LogP contribution in [0.5, 0.6) is 0 Å². The maximum Gasteiger partial charge on any atom is 0.0219 e. The van der Waals surface area contributed by atoms with Crippen LogP contribution in [0, 0.1) is 5.92 Å². The van der Waals surface area contributed by atoms with Crippen molar-refractivity contribution < 1.29 is 0 Å². The molecule has 29 heavy (non-hydrogen) atoms. The van der Waals surface area contributed by atoms with E-state index in [-0.39, 0.29) is 0 Å². The Hall–Kier alpha value is -0.720. The molecule has 0 atom stereocenters. The van der Waals surface area contributed by atoms with Crippen LogP contribution in [0.2, 0.25) is 0 Å². The van der Waals surface area contributed by atoms with Gasteiger partial charge in [0.05, 0.1) is 0 Å². The molecule has 1 heterocycles. The lowest BCUT2D eigenvalue weighted by atomic mass is 9.90. The first-order valence-electron chi connectivity index (χ1n) is 13.5. The van der Waals surface area contributed by atoms with Gasteiger partial charge in [0.15, 0.2) is 0 Å². The minimum atomic E-state index is 0.978. The average Bonchev–Trinajstić information content (AvgIpc) is 3.25. The maximum atomic E-state index is 2.35. The molecule has 0 N–H and O–H groups in total. The molecule has 170 valence electrons. The topological polar surface area (TPSA) is 4.93 Å². The fraction of sp³-hybridized carbons (Fsp3) is 0.857. The van der Waals surface area contributed by atoms with Crippen molar-refractivity contribution in [1.82, 2.24) is 4.57 Å². The summed E-state index contributed by atoms with van der Waals surface area (Å²) in [5.74, 6) is 0.978. The van der Waals surface area contributed by atoms with Crippen molar-refractivity contribution in [2.24, 2.45) is 5.92 Å². The van der Waals surface area contributed by atoms with Crippen molar-refractivity contribution in [1.29, 1.82) is 0 Å². The van der Waals surface area contributed by atoms with Crippen molar-refractivity contribution >= 4 is 0 Å². The summed E-state index contributed by atoms with van der Waals surface area (Å²) in [7, 11) is 0. The lowest BCUT2D eigenvalue weighted by Gasteiger charge is -2.17. The third-order valence-electron chi connectivity index (χ3n) is 6.63. The van der Waals surface area contributed by atoms with Gasteiger partial charge in [0.1, 0.15) is 0 Å². The summed E-state index contributed by atoms with van der Waals surface area (Å²) in [6.45, 7) is 5.82. The zero-order chi connectivity index (χ0) is 20.8. The van der Waals surface area contributed by atoms with Crippen LogP contribution in [0.3, 0.4) is 0 Å². The van der Waals surface area contributed by atoms with E-state index in [9.17, 15) is 0 Å². The van der Waals surface area contributed by atoms with Gasteiger partial charge in [-0.2, -0.15) is 0 Å². The van der Waals surface area contributed by atoms with Crippen LogP contribution >= 0.6 is 0 Å². The van der Waals surface area contributed by atoms with Crippen LogP contribution in [0.15, 0.2) is 24.5 Å². The van der Waals surface area contributed by atoms with Gasteiger partial charge in [0.25, 0.3) is 0 Å². The highest BCUT2D eigenvalue weighted by molar-refractivity contribution is 4.90. The van der Waals surface area contributed by atoms with E-state index in [1.165, 1.54) is 135 Å². The smallest absolute Gasteiger partial charge is 0.0219 e. The highest BCUT2D eigenvalue weighted by Crippen LogP contribution is 2.24. The SMILES string of the molecule is CCCCCCCCCCC(CCCCCCCCCC)CCCn1cccc1. The Balaban J connectivity index is 2.11. The number of aryl methyl sites for hydroxylation is 1. The van der Waals surface area contributed by atoms with Gasteiger partial charge in [-0.25, -0.2) is 0 Å². The minimum Gasteiger partial charge on any atom is -0.354 e. The van der Waals surface area contributed by atoms with E-state index in [0.717, 1.165) is 5.92 Å². The highest BCUT2D eigenvalue weighted by Gasteiger charge is 2.09. The van der Waals surface area contributed by atoms with E-state index < -0.39 is 0 Å². The predicted molar refractivity (Wildman–Crippen MR) is 132 cm³/mol. The van der Waals surface area contributed by atoms with Crippen molar-refractivity contribution in [2.75, 3.05) is 0 Å². The van der Waals surface area contributed by atoms with Crippen LogP contribution in [-0.2, 0) is 6.54 Å². The van der Waals surface area contributed by atoms with Crippen molar-refractivity contribution in [3.63, 3.8) is 0 Å². The van der Waals surface area contributed by atoms with Gasteiger partial charge >= 0.3 is 0 Å². The molecule has 0 aliphatic carbocycles. The summed E-state index contributed by atoms with van der Waals surface area (Å²) in [6.07, 6.45) is 33.4. The molecule has 0 aromatic carbocycles. The Kier molecular flexibility index (Phi) is 18.6. The molecule has 0 bridgehead atoms. The number of nitrogens with zero attached hydrogens (tertiary/aromatic N) is 1. The molecule has 0 amide bonds. The molecule has 1 heteroatoms. The van der Waals surface area contributed by atoms with Crippen LogP contribution in [0.25, 0.3) is 0 Å². The van der Waals surface area contributed by atoms with E-state index in [4.69, 9.17) is 0 Å². The van der Waals surface area contributed by atoms with Crippen molar-refractivity contribution in [3.05, 3.63) is 24.5 Å². The van der Waals surface area contributed by atoms with Gasteiger partial charge < -0.3 is 4.57 Å². The van der Waals surface area contributed by atoms with Crippen LogP contribution < -0.4 is 0 Å². The van der Waals surface area contributed by atoms with Gasteiger partial charge in [0, 0.05) is 18.9 Å². The molecule has 0 aliphatic heterocycles. The maximum absolute atomic E-state index is 2.35. The van der Waals surface area contributed by atoms with Gasteiger partial charge in [-0.15, -0.1) is 0 Å². The standard InChI is InChI=1S/C28H53N/c1-3-5-7-9-11-13-15-17-22-28(24-21-27-29-25-19-20-26-29)23-18-16-14-12-10-8-6-4-2/h19-20,25-26,28H,3-18,21-24,27H2,1-2H3. The molecular formula is C28H53N. The molecule has 0 radical (unpaired) electrons. The molecular weight excluding hydrogens is 350 g/mol. The Labute approximate surface area is 184 Å². The normalized spacial score (nSPS) is 11.6. The summed E-state index contributed by atoms with van der Waals surface area (Å²) < 4.78 is 2.35. The number of hydrogen-bond acceptors (Lipinski definition) is 0. The second-order valence-corrected chi connectivity index (χ2v) is 9.46. The first-order chi connectivity index (χ1) is 14.4. The zero-order valence-corrected chi connectivity index (χ0v) is 20.2. The molecule has 0 aliphatic rings. The number of rotatable bonds is 22. The second-order valence-electron chi connectivity index (χ2n) is 9.46. The second kappa shape index (κ2) is 20.5. The largest absolute Gasteiger partial charge is 0.354 e. The molecule has 1 aromatic rings. The average molecular weight is 404 g/mol. The van der Waals surface area contributed by atoms with Gasteiger partial charge in [-0.3, -0.25) is 0 Å². The Morgan fingerprint density at radius 3 is 1.31 bits per heavy atom. The first kappa shape index (κ1) is 26.3. The molecule has 0 saturated heterocycles. The molecule has 1 rings (SSSR count). The Morgan fingerprint density at radius 1 is 0.483 bits per heavy atom. The lowest BCUT2D eigenvalue weighted by Crippen LogP contribution is -2.04. The predicted octanol–water partition coefficient (Wildman–Crippen LogP) is 9.95. The first-order valence-corrected chi connectivity index (χ1v) is 13.5. The summed E-state index contributed by atoms with van der Waals surface area (Å²) in [6, 6.07) is 4.30. The van der Waals surface area contributed by atoms with E-state index in [1.807, 2.05) is 0 Å². The lowest BCUT2D eigenvalue weighted by molar-refractivity contribution is 0.363. The number of aromatic nitrogens is 1. The molecule has 0 unspecified atom stereocenters. The highest BCUT2D eigenvalue weighted by atomic mass is 14.9. The van der Waals surface area contributed by atoms with E-state index >= 15 is 0 Å². The van der Waals surface area contributed by atoms with Crippen LogP contribution in [-0.4, -0.2) is 4.57 Å². The summed E-state index contributed by atoms with van der Waals surface area (Å²) in [5, 5.41) is 0. The van der Waals surface area contributed by atoms with E-state index in [2.05, 4.69) is 42.9 Å². The quantitative estimate of drug-likeness (QED) is 0.170. The summed E-state index contributed by atoms with van der Waals surface area (Å²) in [4.78, 5) is 0. The third-order valence-corrected chi connectivity index (χ3v) is 6.63. The van der Waals surface area contributed by atoms with Crippen molar-refractivity contribution in [2.45, 2.75) is 149 Å². The third kappa shape index (κ3) is 16.7. The van der Waals surface area contributed by atoms with Crippen LogP contribution in [0.4, 0.5) is 0 Å². The molecule has 0 saturated carbocycles. The zero-order valence-electron chi connectivity index (χ0n) is 20.2. The fourth-order valence-corrected chi connectivity index (χ4v) is 4.65. The fourth-order valence-electron chi connectivity index (χ4n) is 4.65. The van der Waals surface area contributed by atoms with Gasteiger partial charge in [-0.1, -0.05) is 129 Å². The monoisotopic (exact) mass is 403 g/mol. The summed E-state index contributed by atoms with van der Waals surface area (Å²) >= 11 is 0. The Morgan fingerprint density at radius 2 is 0.862 bits per heavy atom. The minimum absolute atomic E-state index is 0.978. The van der Waals surface area contributed by atoms with E-state index in [1.54, 1.807) is 0 Å². The van der Waals surface area contributed by atoms with Gasteiger partial charge in [-0.05, 0) is 30.9 Å². The summed E-state index contributed by atoms with van der Waals surface area (Å²) in [5.41, 5.74) is 0. The molecule has 0 spiro atoms. The molecule has 1 aromatic heterocycles. The van der Waals surface area contributed by atoms with Crippen molar-refractivity contribution in [3.8, 4) is 0 Å². The van der Waals surface area contributed by atoms with Gasteiger partial charge in [0.2, 0.25) is 0 Å². The molecule has 1 nitrogen and oxygen atoms in total.